The Morgan fingerprint density at radius 1 is 0.727 bits per heavy atom. The molecule has 0 saturated heterocycles. The molecule has 0 bridgehead atoms. The van der Waals surface area contributed by atoms with Crippen molar-refractivity contribution in [2.45, 2.75) is 5.53 Å². The van der Waals surface area contributed by atoms with Gasteiger partial charge in [0.05, 0.1) is 0 Å². The first-order chi connectivity index (χ1) is 4.83. The van der Waals surface area contributed by atoms with Crippen LogP contribution in [-0.2, 0) is 0 Å². The van der Waals surface area contributed by atoms with E-state index in [4.69, 9.17) is 0 Å². The van der Waals surface area contributed by atoms with Crippen LogP contribution >= 0.6 is 9.24 Å². The minimum atomic E-state index is -0.0833. The highest BCUT2D eigenvalue weighted by molar-refractivity contribution is 7.18. The van der Waals surface area contributed by atoms with Gasteiger partial charge in [0, 0.05) is 0 Å². The Kier molecular flexibility index (Phi) is 3.92. The summed E-state index contributed by atoms with van der Waals surface area (Å²) in [5.41, 5.74) is -0.0833. The second kappa shape index (κ2) is 3.81. The van der Waals surface area contributed by atoms with Gasteiger partial charge in [-0.05, 0) is 42.3 Å². The van der Waals surface area contributed by atoms with Gasteiger partial charge in [-0.2, -0.15) is 0 Å². The summed E-state index contributed by atoms with van der Waals surface area (Å²) in [5, 5.41) is 0. The molecule has 0 radical (unpaired) electrons. The number of rotatable bonds is 3. The Hall–Kier alpha value is 0.310. The van der Waals surface area contributed by atoms with Crippen LogP contribution in [0.4, 0.5) is 0 Å². The predicted molar refractivity (Wildman–Crippen MR) is 53.5 cm³/mol. The van der Waals surface area contributed by atoms with E-state index in [1.54, 1.807) is 0 Å². The van der Waals surface area contributed by atoms with Crippen LogP contribution in [-0.4, -0.2) is 62.5 Å². The van der Waals surface area contributed by atoms with E-state index in [2.05, 4.69) is 66.2 Å². The van der Waals surface area contributed by atoms with Crippen molar-refractivity contribution in [2.75, 3.05) is 42.3 Å². The molecule has 3 nitrogen and oxygen atoms in total. The summed E-state index contributed by atoms with van der Waals surface area (Å²) < 4.78 is 0. The monoisotopic (exact) mass is 177 g/mol. The molecule has 0 saturated carbocycles. The Bertz CT molecular complexity index is 101. The lowest BCUT2D eigenvalue weighted by atomic mass is 10.5. The van der Waals surface area contributed by atoms with E-state index >= 15 is 0 Å². The van der Waals surface area contributed by atoms with Gasteiger partial charge in [-0.15, -0.1) is 0 Å². The van der Waals surface area contributed by atoms with Crippen molar-refractivity contribution in [3.05, 3.63) is 0 Å². The number of hydrogen-bond acceptors (Lipinski definition) is 3. The maximum absolute atomic E-state index is 2.84. The second-order valence-electron chi connectivity index (χ2n) is 3.37. The third-order valence-electron chi connectivity index (χ3n) is 1.97. The molecule has 4 heteroatoms. The highest BCUT2D eigenvalue weighted by atomic mass is 31.0. The van der Waals surface area contributed by atoms with Gasteiger partial charge in [0.15, 0.2) is 0 Å². The molecule has 1 unspecified atom stereocenters. The Labute approximate surface area is 72.5 Å². The van der Waals surface area contributed by atoms with Gasteiger partial charge in [0.25, 0.3) is 0 Å². The average molecular weight is 177 g/mol. The third-order valence-corrected chi connectivity index (χ3v) is 3.52. The smallest absolute Gasteiger partial charge is 0.143 e. The SMILES string of the molecule is CN(C)C(P)(N(C)C)N(C)C. The molecule has 0 rings (SSSR count). The molecule has 0 heterocycles. The van der Waals surface area contributed by atoms with Gasteiger partial charge in [0.1, 0.15) is 5.53 Å². The fourth-order valence-corrected chi connectivity index (χ4v) is 1.20. The van der Waals surface area contributed by atoms with E-state index in [0.29, 0.717) is 0 Å². The maximum atomic E-state index is 2.84. The van der Waals surface area contributed by atoms with E-state index in [1.807, 2.05) is 0 Å². The van der Waals surface area contributed by atoms with Crippen molar-refractivity contribution < 1.29 is 0 Å². The van der Waals surface area contributed by atoms with Crippen molar-refractivity contribution in [3.63, 3.8) is 0 Å². The third kappa shape index (κ3) is 2.12. The van der Waals surface area contributed by atoms with E-state index in [9.17, 15) is 0 Å². The first-order valence-electron chi connectivity index (χ1n) is 3.64. The predicted octanol–water partition coefficient (Wildman–Crippen LogP) is 0.158. The van der Waals surface area contributed by atoms with E-state index in [-0.39, 0.29) is 5.53 Å². The van der Waals surface area contributed by atoms with Crippen molar-refractivity contribution in [1.29, 1.82) is 0 Å². The molecule has 0 spiro atoms. The van der Waals surface area contributed by atoms with Crippen LogP contribution in [0.15, 0.2) is 0 Å². The zero-order valence-corrected chi connectivity index (χ0v) is 9.57. The number of nitrogens with zero attached hydrogens (tertiary/aromatic N) is 3. The van der Waals surface area contributed by atoms with Crippen LogP contribution in [0, 0.1) is 0 Å². The summed E-state index contributed by atoms with van der Waals surface area (Å²) in [4.78, 5) is 6.45. The van der Waals surface area contributed by atoms with Crippen LogP contribution in [0.5, 0.6) is 0 Å². The van der Waals surface area contributed by atoms with Gasteiger partial charge in [-0.25, -0.2) is 0 Å². The molecular weight excluding hydrogens is 157 g/mol. The standard InChI is InChI=1S/C7H20N3P/c1-8(2)7(11,9(3)4)10(5)6/h11H2,1-6H3. The Balaban J connectivity index is 4.53. The summed E-state index contributed by atoms with van der Waals surface area (Å²) >= 11 is 0. The van der Waals surface area contributed by atoms with E-state index < -0.39 is 0 Å². The largest absolute Gasteiger partial charge is 0.276 e. The molecule has 11 heavy (non-hydrogen) atoms. The fourth-order valence-electron chi connectivity index (χ4n) is 1.20. The first-order valence-corrected chi connectivity index (χ1v) is 4.22. The summed E-state index contributed by atoms with van der Waals surface area (Å²) in [5.74, 6) is 0. The van der Waals surface area contributed by atoms with Crippen LogP contribution < -0.4 is 0 Å². The van der Waals surface area contributed by atoms with Gasteiger partial charge in [-0.3, -0.25) is 14.7 Å². The zero-order valence-electron chi connectivity index (χ0n) is 8.42. The highest BCUT2D eigenvalue weighted by Gasteiger charge is 2.31. The molecule has 0 amide bonds. The Morgan fingerprint density at radius 3 is 0.909 bits per heavy atom. The van der Waals surface area contributed by atoms with Gasteiger partial charge in [0.2, 0.25) is 0 Å². The fraction of sp³-hybridized carbons (Fsp3) is 1.00. The lowest BCUT2D eigenvalue weighted by molar-refractivity contribution is -0.0264. The normalized spacial score (nSPS) is 13.6. The van der Waals surface area contributed by atoms with Crippen molar-refractivity contribution in [1.82, 2.24) is 14.7 Å². The topological polar surface area (TPSA) is 9.72 Å². The van der Waals surface area contributed by atoms with Gasteiger partial charge >= 0.3 is 0 Å². The van der Waals surface area contributed by atoms with Gasteiger partial charge < -0.3 is 0 Å². The molecule has 0 aliphatic carbocycles. The van der Waals surface area contributed by atoms with Crippen LogP contribution in [0.1, 0.15) is 0 Å². The van der Waals surface area contributed by atoms with Crippen molar-refractivity contribution in [2.24, 2.45) is 0 Å². The van der Waals surface area contributed by atoms with Crippen LogP contribution in [0.25, 0.3) is 0 Å². The molecule has 0 aromatic carbocycles. The molecule has 1 atom stereocenters. The molecule has 68 valence electrons. The summed E-state index contributed by atoms with van der Waals surface area (Å²) in [6.07, 6.45) is 0. The minimum Gasteiger partial charge on any atom is -0.276 e. The molecule has 0 aromatic rings. The second-order valence-corrected chi connectivity index (χ2v) is 4.15. The number of hydrogen-bond donors (Lipinski definition) is 0. The lowest BCUT2D eigenvalue weighted by Crippen LogP contribution is -2.59. The maximum Gasteiger partial charge on any atom is 0.143 e. The summed E-state index contributed by atoms with van der Waals surface area (Å²) in [6.45, 7) is 0. The quantitative estimate of drug-likeness (QED) is 0.449. The van der Waals surface area contributed by atoms with E-state index in [1.165, 1.54) is 0 Å². The van der Waals surface area contributed by atoms with Gasteiger partial charge in [-0.1, -0.05) is 9.24 Å². The first kappa shape index (κ1) is 11.3. The molecule has 0 aromatic heterocycles. The van der Waals surface area contributed by atoms with Crippen molar-refractivity contribution >= 4 is 9.24 Å². The van der Waals surface area contributed by atoms with E-state index in [0.717, 1.165) is 0 Å². The Morgan fingerprint density at radius 2 is 0.909 bits per heavy atom. The van der Waals surface area contributed by atoms with Crippen LogP contribution in [0.3, 0.4) is 0 Å². The molecule has 0 aliphatic heterocycles. The molecular formula is C7H20N3P. The summed E-state index contributed by atoms with van der Waals surface area (Å²) in [6, 6.07) is 0. The average Bonchev–Trinajstić information content (AvgIpc) is 1.84. The molecule has 0 fully saturated rings. The highest BCUT2D eigenvalue weighted by Crippen LogP contribution is 2.25. The van der Waals surface area contributed by atoms with Crippen LogP contribution in [0.2, 0.25) is 0 Å². The minimum absolute atomic E-state index is 0.0833. The lowest BCUT2D eigenvalue weighted by Gasteiger charge is -2.46. The molecule has 0 N–H and O–H groups in total. The zero-order chi connectivity index (χ0) is 9.23. The van der Waals surface area contributed by atoms with Crippen molar-refractivity contribution in [3.8, 4) is 0 Å². The summed E-state index contributed by atoms with van der Waals surface area (Å²) in [7, 11) is 15.2. The molecule has 0 aliphatic rings.